The van der Waals surface area contributed by atoms with Gasteiger partial charge in [-0.15, -0.1) is 0 Å². The molecule has 0 amide bonds. The highest BCUT2D eigenvalue weighted by atomic mass is 32.2. The van der Waals surface area contributed by atoms with Crippen LogP contribution in [0.15, 0.2) is 59.5 Å². The first kappa shape index (κ1) is 17.7. The Bertz CT molecular complexity index is 694. The van der Waals surface area contributed by atoms with E-state index in [0.717, 1.165) is 24.8 Å². The third-order valence-corrected chi connectivity index (χ3v) is 5.47. The molecule has 0 aliphatic rings. The van der Waals surface area contributed by atoms with Gasteiger partial charge in [-0.05, 0) is 37.0 Å². The van der Waals surface area contributed by atoms with Crippen molar-refractivity contribution in [1.82, 2.24) is 4.72 Å². The van der Waals surface area contributed by atoms with Gasteiger partial charge in [-0.1, -0.05) is 67.8 Å². The van der Waals surface area contributed by atoms with Crippen molar-refractivity contribution in [3.8, 4) is 0 Å². The summed E-state index contributed by atoms with van der Waals surface area (Å²) in [6.07, 6.45) is 3.18. The number of nitrogens with one attached hydrogen (secondary N) is 1. The minimum absolute atomic E-state index is 0.205. The first-order valence-corrected chi connectivity index (χ1v) is 9.62. The number of sulfonamides is 1. The molecule has 2 aromatic carbocycles. The molecule has 2 rings (SSSR count). The summed E-state index contributed by atoms with van der Waals surface area (Å²) in [5.74, 6) is 0.205. The van der Waals surface area contributed by atoms with Crippen LogP contribution in [0.5, 0.6) is 0 Å². The van der Waals surface area contributed by atoms with Crippen molar-refractivity contribution in [1.29, 1.82) is 0 Å². The van der Waals surface area contributed by atoms with E-state index < -0.39 is 10.0 Å². The monoisotopic (exact) mass is 331 g/mol. The van der Waals surface area contributed by atoms with Crippen molar-refractivity contribution < 1.29 is 8.42 Å². The lowest BCUT2D eigenvalue weighted by molar-refractivity contribution is 0.546. The molecule has 0 spiro atoms. The Balaban J connectivity index is 2.09. The highest BCUT2D eigenvalue weighted by molar-refractivity contribution is 7.89. The first-order chi connectivity index (χ1) is 11.0. The van der Waals surface area contributed by atoms with Crippen LogP contribution in [0.25, 0.3) is 0 Å². The van der Waals surface area contributed by atoms with Crippen LogP contribution in [0.1, 0.15) is 43.2 Å². The molecule has 0 heterocycles. The second kappa shape index (κ2) is 8.27. The molecule has 0 radical (unpaired) electrons. The Morgan fingerprint density at radius 3 is 2.26 bits per heavy atom. The van der Waals surface area contributed by atoms with E-state index in [1.807, 2.05) is 37.3 Å². The zero-order valence-corrected chi connectivity index (χ0v) is 14.6. The van der Waals surface area contributed by atoms with Gasteiger partial charge >= 0.3 is 0 Å². The molecule has 2 aromatic rings. The molecule has 0 fully saturated rings. The Morgan fingerprint density at radius 1 is 1.00 bits per heavy atom. The van der Waals surface area contributed by atoms with Gasteiger partial charge in [0.25, 0.3) is 0 Å². The summed E-state index contributed by atoms with van der Waals surface area (Å²) in [5, 5.41) is 0. The lowest BCUT2D eigenvalue weighted by Crippen LogP contribution is -2.28. The largest absolute Gasteiger partial charge is 0.240 e. The molecule has 1 N–H and O–H groups in total. The molecular weight excluding hydrogens is 306 g/mol. The number of rotatable bonds is 8. The topological polar surface area (TPSA) is 46.2 Å². The summed E-state index contributed by atoms with van der Waals surface area (Å²) < 4.78 is 27.7. The van der Waals surface area contributed by atoms with Crippen LogP contribution in [0.2, 0.25) is 0 Å². The minimum atomic E-state index is -3.46. The first-order valence-electron chi connectivity index (χ1n) is 8.14. The van der Waals surface area contributed by atoms with Gasteiger partial charge in [-0.3, -0.25) is 0 Å². The zero-order chi connectivity index (χ0) is 16.7. The van der Waals surface area contributed by atoms with Gasteiger partial charge in [-0.2, -0.15) is 0 Å². The van der Waals surface area contributed by atoms with Crippen LogP contribution in [0.4, 0.5) is 0 Å². The quantitative estimate of drug-likeness (QED) is 0.786. The van der Waals surface area contributed by atoms with Crippen molar-refractivity contribution in [2.45, 2.75) is 43.9 Å². The molecule has 3 nitrogen and oxygen atoms in total. The van der Waals surface area contributed by atoms with Gasteiger partial charge in [0.05, 0.1) is 4.90 Å². The van der Waals surface area contributed by atoms with E-state index in [2.05, 4.69) is 23.8 Å². The van der Waals surface area contributed by atoms with Crippen molar-refractivity contribution in [3.05, 3.63) is 65.7 Å². The number of hydrogen-bond donors (Lipinski definition) is 1. The van der Waals surface area contributed by atoms with E-state index in [-0.39, 0.29) is 5.92 Å². The Hall–Kier alpha value is -1.65. The smallest absolute Gasteiger partial charge is 0.211 e. The Labute approximate surface area is 139 Å². The van der Waals surface area contributed by atoms with E-state index >= 15 is 0 Å². The summed E-state index contributed by atoms with van der Waals surface area (Å²) in [4.78, 5) is 0.324. The van der Waals surface area contributed by atoms with Gasteiger partial charge in [-0.25, -0.2) is 13.1 Å². The molecule has 124 valence electrons. The number of aryl methyl sites for hydroxylation is 1. The minimum Gasteiger partial charge on any atom is -0.211 e. The molecule has 23 heavy (non-hydrogen) atoms. The predicted octanol–water partition coefficient (Wildman–Crippen LogP) is 4.25. The second-order valence-electron chi connectivity index (χ2n) is 5.91. The van der Waals surface area contributed by atoms with Gasteiger partial charge < -0.3 is 0 Å². The average Bonchev–Trinajstić information content (AvgIpc) is 2.56. The van der Waals surface area contributed by atoms with Crippen molar-refractivity contribution in [3.63, 3.8) is 0 Å². The summed E-state index contributed by atoms with van der Waals surface area (Å²) in [6.45, 7) is 4.53. The molecule has 0 saturated carbocycles. The maximum atomic E-state index is 12.4. The summed E-state index contributed by atoms with van der Waals surface area (Å²) in [6, 6.07) is 17.1. The van der Waals surface area contributed by atoms with Gasteiger partial charge in [0.1, 0.15) is 0 Å². The van der Waals surface area contributed by atoms with E-state index in [9.17, 15) is 8.42 Å². The summed E-state index contributed by atoms with van der Waals surface area (Å²) >= 11 is 0. The molecule has 0 aromatic heterocycles. The standard InChI is InChI=1S/C19H25NO2S/c1-3-4-8-18(17-9-6-5-7-10-17)15-20-23(21,22)19-13-11-16(2)12-14-19/h5-7,9-14,18,20H,3-4,8,15H2,1-2H3/t18-/m1/s1. The molecule has 0 bridgehead atoms. The predicted molar refractivity (Wildman–Crippen MR) is 95.1 cm³/mol. The van der Waals surface area contributed by atoms with E-state index in [0.29, 0.717) is 11.4 Å². The highest BCUT2D eigenvalue weighted by Gasteiger charge is 2.17. The van der Waals surface area contributed by atoms with Crippen molar-refractivity contribution in [2.24, 2.45) is 0 Å². The third-order valence-electron chi connectivity index (χ3n) is 4.03. The number of benzene rings is 2. The van der Waals surface area contributed by atoms with Gasteiger partial charge in [0.2, 0.25) is 10.0 Å². The third kappa shape index (κ3) is 5.19. The Kier molecular flexibility index (Phi) is 6.37. The fraction of sp³-hybridized carbons (Fsp3) is 0.368. The lowest BCUT2D eigenvalue weighted by Gasteiger charge is -2.18. The van der Waals surface area contributed by atoms with E-state index in [4.69, 9.17) is 0 Å². The van der Waals surface area contributed by atoms with E-state index in [1.165, 1.54) is 5.56 Å². The summed E-state index contributed by atoms with van der Waals surface area (Å²) in [5.41, 5.74) is 2.24. The van der Waals surface area contributed by atoms with Crippen LogP contribution in [-0.4, -0.2) is 15.0 Å². The second-order valence-corrected chi connectivity index (χ2v) is 7.68. The molecule has 0 saturated heterocycles. The van der Waals surface area contributed by atoms with Crippen LogP contribution < -0.4 is 4.72 Å². The van der Waals surface area contributed by atoms with Crippen molar-refractivity contribution >= 4 is 10.0 Å². The van der Waals surface area contributed by atoms with Crippen LogP contribution in [0.3, 0.4) is 0 Å². The van der Waals surface area contributed by atoms with Crippen LogP contribution >= 0.6 is 0 Å². The Morgan fingerprint density at radius 2 is 1.65 bits per heavy atom. The zero-order valence-electron chi connectivity index (χ0n) is 13.8. The number of unbranched alkanes of at least 4 members (excludes halogenated alkanes) is 1. The highest BCUT2D eigenvalue weighted by Crippen LogP contribution is 2.22. The summed E-state index contributed by atoms with van der Waals surface area (Å²) in [7, 11) is -3.46. The maximum absolute atomic E-state index is 12.4. The SMILES string of the molecule is CCCC[C@H](CNS(=O)(=O)c1ccc(C)cc1)c1ccccc1. The molecule has 0 aliphatic carbocycles. The van der Waals surface area contributed by atoms with Crippen molar-refractivity contribution in [2.75, 3.05) is 6.54 Å². The fourth-order valence-corrected chi connectivity index (χ4v) is 3.66. The molecule has 0 aliphatic heterocycles. The maximum Gasteiger partial charge on any atom is 0.240 e. The normalized spacial score (nSPS) is 13.0. The van der Waals surface area contributed by atoms with Crippen LogP contribution in [-0.2, 0) is 10.0 Å². The lowest BCUT2D eigenvalue weighted by atomic mass is 9.94. The molecular formula is C19H25NO2S. The van der Waals surface area contributed by atoms with Gasteiger partial charge in [0.15, 0.2) is 0 Å². The van der Waals surface area contributed by atoms with Crippen LogP contribution in [0, 0.1) is 6.92 Å². The molecule has 1 atom stereocenters. The van der Waals surface area contributed by atoms with Gasteiger partial charge in [0, 0.05) is 6.54 Å². The van der Waals surface area contributed by atoms with E-state index in [1.54, 1.807) is 12.1 Å². The fourth-order valence-electron chi connectivity index (χ4n) is 2.57. The average molecular weight is 331 g/mol. The number of hydrogen-bond acceptors (Lipinski definition) is 2. The molecule has 4 heteroatoms. The molecule has 0 unspecified atom stereocenters.